The van der Waals surface area contributed by atoms with Gasteiger partial charge in [-0.1, -0.05) is 0 Å². The van der Waals surface area contributed by atoms with E-state index in [-0.39, 0.29) is 11.8 Å². The maximum Gasteiger partial charge on any atom is 0.239 e. The fourth-order valence-electron chi connectivity index (χ4n) is 1.08. The van der Waals surface area contributed by atoms with E-state index in [1.165, 1.54) is 0 Å². The third-order valence-electron chi connectivity index (χ3n) is 1.61. The van der Waals surface area contributed by atoms with Crippen LogP contribution in [0.5, 0.6) is 0 Å². The van der Waals surface area contributed by atoms with Gasteiger partial charge in [0.2, 0.25) is 9.05 Å². The Morgan fingerprint density at radius 1 is 1.62 bits per heavy atom. The number of halogens is 1. The zero-order valence-electron chi connectivity index (χ0n) is 7.44. The standard InChI is InChI=1S/C7H11ClN2O2S/c1-6(2)10-4-3-9-7(10)5-13(8,11)12/h3-4,6H,5H2,1-2H3. The topological polar surface area (TPSA) is 52.0 Å². The van der Waals surface area contributed by atoms with E-state index in [0.29, 0.717) is 5.82 Å². The van der Waals surface area contributed by atoms with Gasteiger partial charge in [0, 0.05) is 29.1 Å². The Balaban J connectivity index is 2.96. The summed E-state index contributed by atoms with van der Waals surface area (Å²) in [6.07, 6.45) is 3.31. The molecule has 0 aliphatic carbocycles. The van der Waals surface area contributed by atoms with Crippen molar-refractivity contribution in [2.75, 3.05) is 0 Å². The lowest BCUT2D eigenvalue weighted by Gasteiger charge is -2.09. The quantitative estimate of drug-likeness (QED) is 0.729. The van der Waals surface area contributed by atoms with E-state index in [1.807, 2.05) is 13.8 Å². The fraction of sp³-hybridized carbons (Fsp3) is 0.571. The second kappa shape index (κ2) is 3.67. The summed E-state index contributed by atoms with van der Waals surface area (Å²) in [4.78, 5) is 3.92. The second-order valence-corrected chi connectivity index (χ2v) is 5.80. The normalized spacial score (nSPS) is 12.3. The summed E-state index contributed by atoms with van der Waals surface area (Å²) in [7, 11) is 1.61. The molecule has 0 aliphatic heterocycles. The van der Waals surface area contributed by atoms with E-state index in [9.17, 15) is 8.42 Å². The summed E-state index contributed by atoms with van der Waals surface area (Å²) in [6.45, 7) is 3.90. The molecule has 1 aromatic heterocycles. The zero-order chi connectivity index (χ0) is 10.1. The predicted octanol–water partition coefficient (Wildman–Crippen LogP) is 1.53. The molecule has 0 bridgehead atoms. The van der Waals surface area contributed by atoms with Crippen LogP contribution in [0.25, 0.3) is 0 Å². The molecular weight excluding hydrogens is 212 g/mol. The van der Waals surface area contributed by atoms with Crippen LogP contribution in [0.2, 0.25) is 0 Å². The van der Waals surface area contributed by atoms with E-state index in [0.717, 1.165) is 0 Å². The highest BCUT2D eigenvalue weighted by Crippen LogP contribution is 2.12. The van der Waals surface area contributed by atoms with Crippen molar-refractivity contribution in [1.82, 2.24) is 9.55 Å². The first-order chi connectivity index (χ1) is 5.90. The summed E-state index contributed by atoms with van der Waals surface area (Å²) in [5.74, 6) is 0.254. The Bertz CT molecular complexity index is 383. The van der Waals surface area contributed by atoms with Crippen LogP contribution >= 0.6 is 10.7 Å². The number of hydrogen-bond donors (Lipinski definition) is 0. The lowest BCUT2D eigenvalue weighted by atomic mass is 10.4. The second-order valence-electron chi connectivity index (χ2n) is 3.03. The lowest BCUT2D eigenvalue weighted by Crippen LogP contribution is -2.08. The highest BCUT2D eigenvalue weighted by Gasteiger charge is 2.13. The lowest BCUT2D eigenvalue weighted by molar-refractivity contribution is 0.571. The predicted molar refractivity (Wildman–Crippen MR) is 51.1 cm³/mol. The molecule has 0 aromatic carbocycles. The van der Waals surface area contributed by atoms with E-state index >= 15 is 0 Å². The molecule has 0 radical (unpaired) electrons. The van der Waals surface area contributed by atoms with Crippen molar-refractivity contribution in [2.45, 2.75) is 25.6 Å². The van der Waals surface area contributed by atoms with Gasteiger partial charge in [-0.05, 0) is 13.8 Å². The van der Waals surface area contributed by atoms with Crippen LogP contribution < -0.4 is 0 Å². The molecule has 1 aromatic rings. The fourth-order valence-corrected chi connectivity index (χ4v) is 1.90. The summed E-state index contributed by atoms with van der Waals surface area (Å²) < 4.78 is 23.3. The molecule has 74 valence electrons. The minimum atomic E-state index is -3.51. The van der Waals surface area contributed by atoms with Gasteiger partial charge in [-0.25, -0.2) is 13.4 Å². The average molecular weight is 223 g/mol. The van der Waals surface area contributed by atoms with Crippen LogP contribution in [-0.2, 0) is 14.8 Å². The number of rotatable bonds is 3. The number of nitrogens with zero attached hydrogens (tertiary/aromatic N) is 2. The summed E-state index contributed by atoms with van der Waals surface area (Å²) in [5, 5.41) is 0. The van der Waals surface area contributed by atoms with E-state index < -0.39 is 9.05 Å². The molecule has 0 saturated heterocycles. The SMILES string of the molecule is CC(C)n1ccnc1CS(=O)(=O)Cl. The van der Waals surface area contributed by atoms with Gasteiger partial charge in [-0.2, -0.15) is 0 Å². The van der Waals surface area contributed by atoms with Gasteiger partial charge in [-0.15, -0.1) is 0 Å². The zero-order valence-corrected chi connectivity index (χ0v) is 9.01. The third-order valence-corrected chi connectivity index (χ3v) is 2.54. The molecule has 4 nitrogen and oxygen atoms in total. The molecule has 0 unspecified atom stereocenters. The van der Waals surface area contributed by atoms with E-state index in [1.54, 1.807) is 17.0 Å². The van der Waals surface area contributed by atoms with Crippen molar-refractivity contribution < 1.29 is 8.42 Å². The third kappa shape index (κ3) is 3.00. The number of imidazole rings is 1. The van der Waals surface area contributed by atoms with Crippen molar-refractivity contribution in [3.63, 3.8) is 0 Å². The van der Waals surface area contributed by atoms with Gasteiger partial charge in [0.05, 0.1) is 0 Å². The van der Waals surface area contributed by atoms with Crippen LogP contribution in [0.4, 0.5) is 0 Å². The van der Waals surface area contributed by atoms with Crippen molar-refractivity contribution in [3.8, 4) is 0 Å². The molecule has 0 aliphatic rings. The van der Waals surface area contributed by atoms with Crippen molar-refractivity contribution >= 4 is 19.7 Å². The minimum absolute atomic E-state index is 0.191. The monoisotopic (exact) mass is 222 g/mol. The largest absolute Gasteiger partial charge is 0.332 e. The van der Waals surface area contributed by atoms with E-state index in [2.05, 4.69) is 4.98 Å². The Kier molecular flexibility index (Phi) is 2.98. The van der Waals surface area contributed by atoms with Gasteiger partial charge in [0.25, 0.3) is 0 Å². The van der Waals surface area contributed by atoms with Crippen molar-refractivity contribution in [2.24, 2.45) is 0 Å². The Morgan fingerprint density at radius 3 is 2.69 bits per heavy atom. The van der Waals surface area contributed by atoms with Crippen LogP contribution in [0.1, 0.15) is 25.7 Å². The van der Waals surface area contributed by atoms with Crippen LogP contribution in [0, 0.1) is 0 Å². The maximum absolute atomic E-state index is 10.8. The number of aromatic nitrogens is 2. The Morgan fingerprint density at radius 2 is 2.23 bits per heavy atom. The highest BCUT2D eigenvalue weighted by atomic mass is 35.7. The first-order valence-electron chi connectivity index (χ1n) is 3.84. The molecule has 6 heteroatoms. The molecule has 13 heavy (non-hydrogen) atoms. The molecule has 0 amide bonds. The Hall–Kier alpha value is -0.550. The van der Waals surface area contributed by atoms with Crippen LogP contribution in [0.15, 0.2) is 12.4 Å². The van der Waals surface area contributed by atoms with Crippen molar-refractivity contribution in [1.29, 1.82) is 0 Å². The van der Waals surface area contributed by atoms with Gasteiger partial charge in [0.1, 0.15) is 11.6 Å². The van der Waals surface area contributed by atoms with Gasteiger partial charge >= 0.3 is 0 Å². The molecule has 0 saturated carbocycles. The minimum Gasteiger partial charge on any atom is -0.332 e. The van der Waals surface area contributed by atoms with Gasteiger partial charge in [0.15, 0.2) is 0 Å². The first-order valence-corrected chi connectivity index (χ1v) is 6.32. The Labute approximate surface area is 82.0 Å². The van der Waals surface area contributed by atoms with E-state index in [4.69, 9.17) is 10.7 Å². The van der Waals surface area contributed by atoms with Gasteiger partial charge in [-0.3, -0.25) is 0 Å². The molecule has 0 atom stereocenters. The molecule has 0 fully saturated rings. The van der Waals surface area contributed by atoms with Crippen molar-refractivity contribution in [3.05, 3.63) is 18.2 Å². The molecular formula is C7H11ClN2O2S. The average Bonchev–Trinajstić information content (AvgIpc) is 2.31. The van der Waals surface area contributed by atoms with Gasteiger partial charge < -0.3 is 4.57 Å². The van der Waals surface area contributed by atoms with Crippen LogP contribution in [-0.4, -0.2) is 18.0 Å². The molecule has 1 rings (SSSR count). The summed E-state index contributed by atoms with van der Waals surface area (Å²) >= 11 is 0. The smallest absolute Gasteiger partial charge is 0.239 e. The van der Waals surface area contributed by atoms with Crippen LogP contribution in [0.3, 0.4) is 0 Å². The first kappa shape index (κ1) is 10.5. The number of hydrogen-bond acceptors (Lipinski definition) is 3. The molecule has 0 spiro atoms. The summed E-state index contributed by atoms with van der Waals surface area (Å²) in [5.41, 5.74) is 0. The highest BCUT2D eigenvalue weighted by molar-refractivity contribution is 8.13. The molecule has 1 heterocycles. The summed E-state index contributed by atoms with van der Waals surface area (Å²) in [6, 6.07) is 0.191. The molecule has 0 N–H and O–H groups in total. The maximum atomic E-state index is 10.8.